The Morgan fingerprint density at radius 2 is 1.94 bits per heavy atom. The molecule has 1 N–H and O–H groups in total. The number of benzene rings is 1. The Balaban J connectivity index is 1.34. The maximum atomic E-state index is 12.1. The highest BCUT2D eigenvalue weighted by atomic mass is 16.6. The topological polar surface area (TPSA) is 91.5 Å². The van der Waals surface area contributed by atoms with Crippen molar-refractivity contribution in [1.82, 2.24) is 9.78 Å². The van der Waals surface area contributed by atoms with E-state index in [9.17, 15) is 10.1 Å². The molecule has 0 amide bonds. The van der Waals surface area contributed by atoms with Crippen molar-refractivity contribution in [2.45, 2.75) is 65.2 Å². The zero-order valence-corrected chi connectivity index (χ0v) is 20.9. The van der Waals surface area contributed by atoms with E-state index in [-0.39, 0.29) is 28.6 Å². The number of ether oxygens (including phenoxy) is 2. The molecule has 3 heterocycles. The third kappa shape index (κ3) is 4.47. The molecule has 0 saturated carbocycles. The summed E-state index contributed by atoms with van der Waals surface area (Å²) in [6, 6.07) is 10.2. The first-order valence-corrected chi connectivity index (χ1v) is 12.5. The summed E-state index contributed by atoms with van der Waals surface area (Å²) < 4.78 is 14.1. The van der Waals surface area contributed by atoms with Gasteiger partial charge >= 0.3 is 0 Å². The van der Waals surface area contributed by atoms with E-state index in [0.29, 0.717) is 12.2 Å². The van der Waals surface area contributed by atoms with Gasteiger partial charge in [0.05, 0.1) is 16.5 Å². The highest BCUT2D eigenvalue weighted by molar-refractivity contribution is 5.63. The Morgan fingerprint density at radius 1 is 1.17 bits per heavy atom. The van der Waals surface area contributed by atoms with Crippen molar-refractivity contribution in [3.8, 4) is 11.3 Å². The quantitative estimate of drug-likeness (QED) is 0.409. The van der Waals surface area contributed by atoms with Crippen molar-refractivity contribution < 1.29 is 14.4 Å². The van der Waals surface area contributed by atoms with Crippen LogP contribution in [0.25, 0.3) is 11.3 Å². The van der Waals surface area contributed by atoms with E-state index in [1.54, 1.807) is 0 Å². The molecule has 2 saturated heterocycles. The number of rotatable bonds is 6. The van der Waals surface area contributed by atoms with Crippen LogP contribution in [-0.2, 0) is 9.47 Å². The van der Waals surface area contributed by atoms with Crippen molar-refractivity contribution in [3.05, 3.63) is 69.2 Å². The van der Waals surface area contributed by atoms with Gasteiger partial charge in [0.15, 0.2) is 6.23 Å². The van der Waals surface area contributed by atoms with Gasteiger partial charge in [-0.3, -0.25) is 10.1 Å². The van der Waals surface area contributed by atoms with Crippen molar-refractivity contribution in [2.24, 2.45) is 11.8 Å². The molecule has 0 radical (unpaired) electrons. The van der Waals surface area contributed by atoms with E-state index in [1.165, 1.54) is 0 Å². The largest absolute Gasteiger partial charge is 0.492 e. The summed E-state index contributed by atoms with van der Waals surface area (Å²) in [4.78, 5) is 11.9. The predicted molar refractivity (Wildman–Crippen MR) is 134 cm³/mol. The number of allylic oxidation sites excluding steroid dienone is 3. The van der Waals surface area contributed by atoms with Crippen molar-refractivity contribution >= 4 is 5.69 Å². The molecular formula is C27H34N4O4. The number of fused-ring (bicyclic) bond motifs is 1. The first kappa shape index (κ1) is 23.6. The standard InChI is InChI=1S/C27H34N4O4/c1-17-18(2)26-21(15-27(3,4)35-26)22(25(17)31(32)33)16-28-20-10-8-19(9-11-20)23-12-13-29-30(23)24-7-5-6-14-34-24/h8-13,21-22,24,28H,5-7,14-16H2,1-4H3. The first-order valence-electron chi connectivity index (χ1n) is 12.5. The number of hydrogen-bond acceptors (Lipinski definition) is 6. The lowest BCUT2D eigenvalue weighted by Crippen LogP contribution is -2.32. The van der Waals surface area contributed by atoms with Gasteiger partial charge in [0.2, 0.25) is 0 Å². The normalized spacial score (nSPS) is 25.9. The lowest BCUT2D eigenvalue weighted by molar-refractivity contribution is -0.436. The third-order valence-corrected chi connectivity index (χ3v) is 7.59. The lowest BCUT2D eigenvalue weighted by atomic mass is 9.76. The van der Waals surface area contributed by atoms with Crippen molar-refractivity contribution in [3.63, 3.8) is 0 Å². The molecule has 0 spiro atoms. The van der Waals surface area contributed by atoms with Crippen molar-refractivity contribution in [1.29, 1.82) is 0 Å². The molecule has 2 fully saturated rings. The van der Waals surface area contributed by atoms with Crippen LogP contribution in [-0.4, -0.2) is 33.5 Å². The van der Waals surface area contributed by atoms with Crippen LogP contribution in [0.3, 0.4) is 0 Å². The molecule has 5 rings (SSSR count). The Labute approximate surface area is 206 Å². The molecule has 35 heavy (non-hydrogen) atoms. The molecule has 3 atom stereocenters. The molecule has 3 aliphatic rings. The van der Waals surface area contributed by atoms with E-state index >= 15 is 0 Å². The van der Waals surface area contributed by atoms with Crippen LogP contribution in [0.5, 0.6) is 0 Å². The molecule has 1 aliphatic carbocycles. The molecule has 3 unspecified atom stereocenters. The third-order valence-electron chi connectivity index (χ3n) is 7.59. The fraction of sp³-hybridized carbons (Fsp3) is 0.519. The number of nitrogens with zero attached hydrogens (tertiary/aromatic N) is 3. The second kappa shape index (κ2) is 9.15. The van der Waals surface area contributed by atoms with E-state index in [2.05, 4.69) is 36.4 Å². The molecule has 1 aromatic carbocycles. The van der Waals surface area contributed by atoms with Gasteiger partial charge in [0.1, 0.15) is 11.4 Å². The Hall–Kier alpha value is -3.13. The highest BCUT2D eigenvalue weighted by Crippen LogP contribution is 2.49. The van der Waals surface area contributed by atoms with Gasteiger partial charge in [0, 0.05) is 42.1 Å². The zero-order valence-electron chi connectivity index (χ0n) is 20.9. The molecule has 0 bridgehead atoms. The fourth-order valence-corrected chi connectivity index (χ4v) is 5.75. The molecule has 2 aromatic rings. The second-order valence-electron chi connectivity index (χ2n) is 10.5. The van der Waals surface area contributed by atoms with Crippen LogP contribution < -0.4 is 5.32 Å². The average Bonchev–Trinajstić information content (AvgIpc) is 3.45. The smallest absolute Gasteiger partial charge is 0.255 e. The zero-order chi connectivity index (χ0) is 24.7. The highest BCUT2D eigenvalue weighted by Gasteiger charge is 2.49. The number of nitro groups is 1. The van der Waals surface area contributed by atoms with Crippen molar-refractivity contribution in [2.75, 3.05) is 18.5 Å². The summed E-state index contributed by atoms with van der Waals surface area (Å²) in [5.74, 6) is 0.666. The minimum absolute atomic E-state index is 0.00529. The van der Waals surface area contributed by atoms with Gasteiger partial charge in [-0.15, -0.1) is 0 Å². The number of anilines is 1. The number of nitrogens with one attached hydrogen (secondary N) is 1. The van der Waals surface area contributed by atoms with Gasteiger partial charge in [0.25, 0.3) is 5.70 Å². The van der Waals surface area contributed by atoms with Crippen LogP contribution in [0.15, 0.2) is 59.1 Å². The maximum Gasteiger partial charge on any atom is 0.255 e. The predicted octanol–water partition coefficient (Wildman–Crippen LogP) is 5.93. The molecule has 2 aliphatic heterocycles. The van der Waals surface area contributed by atoms with E-state index in [0.717, 1.165) is 66.1 Å². The maximum absolute atomic E-state index is 12.1. The Kier molecular flexibility index (Phi) is 6.17. The molecular weight excluding hydrogens is 444 g/mol. The van der Waals surface area contributed by atoms with Crippen LogP contribution in [0.2, 0.25) is 0 Å². The summed E-state index contributed by atoms with van der Waals surface area (Å²) in [5.41, 5.74) is 4.64. The minimum atomic E-state index is -0.321. The number of aromatic nitrogens is 2. The molecule has 186 valence electrons. The minimum Gasteiger partial charge on any atom is -0.492 e. The van der Waals surface area contributed by atoms with Gasteiger partial charge in [-0.05, 0) is 77.2 Å². The average molecular weight is 479 g/mol. The number of hydrogen-bond donors (Lipinski definition) is 1. The molecule has 8 nitrogen and oxygen atoms in total. The monoisotopic (exact) mass is 478 g/mol. The summed E-state index contributed by atoms with van der Waals surface area (Å²) >= 11 is 0. The molecule has 8 heteroatoms. The Bertz CT molecular complexity index is 1170. The van der Waals surface area contributed by atoms with Gasteiger partial charge in [-0.25, -0.2) is 4.68 Å². The van der Waals surface area contributed by atoms with Crippen LogP contribution in [0, 0.1) is 22.0 Å². The lowest BCUT2D eigenvalue weighted by Gasteiger charge is -2.28. The van der Waals surface area contributed by atoms with Crippen LogP contribution in [0.1, 0.15) is 59.6 Å². The van der Waals surface area contributed by atoms with E-state index < -0.39 is 0 Å². The SMILES string of the molecule is CC1=C2OC(C)(C)CC2C(CNc2ccc(-c3ccnn3C3CCCCO3)cc2)C([N+](=O)[O-])=C1C. The van der Waals surface area contributed by atoms with E-state index in [1.807, 2.05) is 42.9 Å². The van der Waals surface area contributed by atoms with Gasteiger partial charge in [-0.2, -0.15) is 5.10 Å². The van der Waals surface area contributed by atoms with Gasteiger partial charge < -0.3 is 14.8 Å². The van der Waals surface area contributed by atoms with Gasteiger partial charge in [-0.1, -0.05) is 12.1 Å². The Morgan fingerprint density at radius 3 is 2.63 bits per heavy atom. The van der Waals surface area contributed by atoms with Crippen LogP contribution >= 0.6 is 0 Å². The fourth-order valence-electron chi connectivity index (χ4n) is 5.75. The van der Waals surface area contributed by atoms with Crippen LogP contribution in [0.4, 0.5) is 5.69 Å². The molecule has 1 aromatic heterocycles. The first-order chi connectivity index (χ1) is 16.7. The summed E-state index contributed by atoms with van der Waals surface area (Å²) in [5, 5.41) is 20.0. The summed E-state index contributed by atoms with van der Waals surface area (Å²) in [6.45, 7) is 9.13. The summed E-state index contributed by atoms with van der Waals surface area (Å²) in [6.07, 6.45) is 5.78. The second-order valence-corrected chi connectivity index (χ2v) is 10.5. The summed E-state index contributed by atoms with van der Waals surface area (Å²) in [7, 11) is 0. The van der Waals surface area contributed by atoms with E-state index in [4.69, 9.17) is 9.47 Å².